The fourth-order valence-corrected chi connectivity index (χ4v) is 2.96. The molecule has 11 heteroatoms. The van der Waals surface area contributed by atoms with Crippen LogP contribution in [0.15, 0.2) is 18.2 Å². The van der Waals surface area contributed by atoms with Crippen LogP contribution in [-0.2, 0) is 4.79 Å². The van der Waals surface area contributed by atoms with Gasteiger partial charge in [0, 0.05) is 5.56 Å². The molecule has 142 valence electrons. The molecule has 2 aliphatic rings. The number of hydrogen-bond donors (Lipinski definition) is 1. The van der Waals surface area contributed by atoms with Crippen molar-refractivity contribution in [3.8, 4) is 5.75 Å². The number of nitrogens with zero attached hydrogens (tertiary/aromatic N) is 1. The zero-order valence-electron chi connectivity index (χ0n) is 13.0. The van der Waals surface area contributed by atoms with Crippen molar-refractivity contribution in [3.05, 3.63) is 29.6 Å². The highest BCUT2D eigenvalue weighted by molar-refractivity contribution is 5.97. The zero-order chi connectivity index (χ0) is 19.3. The van der Waals surface area contributed by atoms with Crippen LogP contribution >= 0.6 is 0 Å². The first-order chi connectivity index (χ1) is 12.0. The number of carbonyl (C=O) groups is 2. The molecule has 1 aromatic carbocycles. The molecule has 2 fully saturated rings. The Bertz CT molecular complexity index is 770. The summed E-state index contributed by atoms with van der Waals surface area (Å²) in [7, 11) is 0. The summed E-state index contributed by atoms with van der Waals surface area (Å²) in [5, 5.41) is 2.05. The smallest absolute Gasteiger partial charge is 0.422 e. The van der Waals surface area contributed by atoms with Crippen LogP contribution in [0.25, 0.3) is 0 Å². The maximum absolute atomic E-state index is 14.6. The van der Waals surface area contributed by atoms with Crippen molar-refractivity contribution < 1.29 is 40.7 Å². The van der Waals surface area contributed by atoms with Gasteiger partial charge in [-0.3, -0.25) is 9.59 Å². The van der Waals surface area contributed by atoms with Crippen molar-refractivity contribution in [2.24, 2.45) is 0 Å². The van der Waals surface area contributed by atoms with Gasteiger partial charge in [0.25, 0.3) is 11.8 Å². The van der Waals surface area contributed by atoms with Gasteiger partial charge in [-0.1, -0.05) is 0 Å². The number of carbonyl (C=O) groups excluding carboxylic acids is 2. The molecule has 0 bridgehead atoms. The van der Waals surface area contributed by atoms with Gasteiger partial charge in [0.15, 0.2) is 23.8 Å². The van der Waals surface area contributed by atoms with Gasteiger partial charge >= 0.3 is 6.18 Å². The summed E-state index contributed by atoms with van der Waals surface area (Å²) >= 11 is 0. The second kappa shape index (κ2) is 5.78. The average molecular weight is 382 g/mol. The molecule has 2 amide bonds. The minimum Gasteiger partial charge on any atom is -0.481 e. The van der Waals surface area contributed by atoms with Gasteiger partial charge in [-0.05, 0) is 18.2 Å². The van der Waals surface area contributed by atoms with E-state index < -0.39 is 67.1 Å². The van der Waals surface area contributed by atoms with Gasteiger partial charge in [0.1, 0.15) is 0 Å². The summed E-state index contributed by atoms with van der Waals surface area (Å²) in [6.45, 7) is -3.87. The van der Waals surface area contributed by atoms with Crippen LogP contribution < -0.4 is 10.1 Å². The lowest BCUT2D eigenvalue weighted by molar-refractivity contribution is -0.153. The van der Waals surface area contributed by atoms with E-state index in [0.717, 1.165) is 17.0 Å². The molecule has 2 atom stereocenters. The van der Waals surface area contributed by atoms with Crippen LogP contribution in [-0.4, -0.2) is 60.5 Å². The quantitative estimate of drug-likeness (QED) is 0.811. The first kappa shape index (κ1) is 18.3. The third kappa shape index (κ3) is 2.95. The summed E-state index contributed by atoms with van der Waals surface area (Å²) < 4.78 is 83.5. The molecule has 5 nitrogen and oxygen atoms in total. The molecule has 0 spiro atoms. The maximum atomic E-state index is 14.6. The summed E-state index contributed by atoms with van der Waals surface area (Å²) in [6.07, 6.45) is -4.67. The Labute approximate surface area is 142 Å². The fraction of sp³-hybridized carbons (Fsp3) is 0.467. The van der Waals surface area contributed by atoms with Crippen molar-refractivity contribution in [1.29, 1.82) is 0 Å². The lowest BCUT2D eigenvalue weighted by Gasteiger charge is -2.19. The van der Waals surface area contributed by atoms with E-state index >= 15 is 0 Å². The minimum absolute atomic E-state index is 0.338. The second-order valence-electron chi connectivity index (χ2n) is 6.16. The normalized spacial score (nSPS) is 28.1. The van der Waals surface area contributed by atoms with Crippen molar-refractivity contribution >= 4 is 11.8 Å². The Morgan fingerprint density at radius 3 is 2.54 bits per heavy atom. The van der Waals surface area contributed by atoms with Gasteiger partial charge < -0.3 is 15.0 Å². The van der Waals surface area contributed by atoms with E-state index in [1.165, 1.54) is 0 Å². The summed E-state index contributed by atoms with van der Waals surface area (Å²) in [5.41, 5.74) is -5.82. The van der Waals surface area contributed by atoms with Crippen LogP contribution in [0.3, 0.4) is 0 Å². The van der Waals surface area contributed by atoms with Crippen LogP contribution in [0.1, 0.15) is 10.4 Å². The third-order valence-corrected chi connectivity index (χ3v) is 4.31. The van der Waals surface area contributed by atoms with Crippen LogP contribution in [0.4, 0.5) is 26.3 Å². The van der Waals surface area contributed by atoms with E-state index in [9.17, 15) is 35.9 Å². The molecular formula is C15H12F6N2O3. The van der Waals surface area contributed by atoms with Crippen molar-refractivity contribution in [2.45, 2.75) is 17.5 Å². The molecule has 2 heterocycles. The number of benzene rings is 1. The molecule has 26 heavy (non-hydrogen) atoms. The lowest BCUT2D eigenvalue weighted by Crippen LogP contribution is -2.47. The number of fused-ring (bicyclic) bond motifs is 1. The van der Waals surface area contributed by atoms with E-state index in [0.29, 0.717) is 6.07 Å². The zero-order valence-corrected chi connectivity index (χ0v) is 13.0. The molecule has 2 saturated heterocycles. The number of rotatable bonds is 3. The van der Waals surface area contributed by atoms with E-state index in [4.69, 9.17) is 0 Å². The van der Waals surface area contributed by atoms with E-state index in [2.05, 4.69) is 4.74 Å². The van der Waals surface area contributed by atoms with E-state index in [1.54, 1.807) is 0 Å². The third-order valence-electron chi connectivity index (χ3n) is 4.31. The molecule has 0 radical (unpaired) electrons. The Kier molecular flexibility index (Phi) is 4.08. The SMILES string of the molecule is O=C(c1ccc(OCC(F)(F)F)c(F)c1)N1C[C@]2(F)CNC(=O)[C@]2(F)C1. The predicted octanol–water partition coefficient (Wildman–Crippen LogP) is 1.77. The number of amides is 2. The first-order valence-electron chi connectivity index (χ1n) is 7.40. The van der Waals surface area contributed by atoms with E-state index in [1.807, 2.05) is 5.32 Å². The minimum atomic E-state index is -4.67. The summed E-state index contributed by atoms with van der Waals surface area (Å²) in [6, 6.07) is 2.40. The highest BCUT2D eigenvalue weighted by atomic mass is 19.4. The van der Waals surface area contributed by atoms with Gasteiger partial charge in [-0.2, -0.15) is 13.2 Å². The van der Waals surface area contributed by atoms with Crippen molar-refractivity contribution in [2.75, 3.05) is 26.2 Å². The highest BCUT2D eigenvalue weighted by Crippen LogP contribution is 2.42. The number of nitrogens with one attached hydrogen (secondary N) is 1. The van der Waals surface area contributed by atoms with Gasteiger partial charge in [0.2, 0.25) is 5.67 Å². The summed E-state index contributed by atoms with van der Waals surface area (Å²) in [5.74, 6) is -4.08. The van der Waals surface area contributed by atoms with Crippen molar-refractivity contribution in [3.63, 3.8) is 0 Å². The highest BCUT2D eigenvalue weighted by Gasteiger charge is 2.69. The fourth-order valence-electron chi connectivity index (χ4n) is 2.96. The first-order valence-corrected chi connectivity index (χ1v) is 7.40. The molecule has 0 aliphatic carbocycles. The summed E-state index contributed by atoms with van der Waals surface area (Å²) in [4.78, 5) is 24.6. The monoisotopic (exact) mass is 382 g/mol. The Balaban J connectivity index is 1.75. The number of likely N-dealkylation sites (tertiary alicyclic amines) is 1. The molecular weight excluding hydrogens is 370 g/mol. The van der Waals surface area contributed by atoms with Crippen LogP contribution in [0.2, 0.25) is 0 Å². The molecule has 1 aromatic rings. The predicted molar refractivity (Wildman–Crippen MR) is 74.5 cm³/mol. The molecule has 3 rings (SSSR count). The van der Waals surface area contributed by atoms with Gasteiger partial charge in [0.05, 0.1) is 19.6 Å². The lowest BCUT2D eigenvalue weighted by atomic mass is 9.93. The topological polar surface area (TPSA) is 58.6 Å². The number of halogens is 6. The molecule has 0 saturated carbocycles. The average Bonchev–Trinajstić information content (AvgIpc) is 2.93. The van der Waals surface area contributed by atoms with Crippen molar-refractivity contribution in [1.82, 2.24) is 10.2 Å². The Morgan fingerprint density at radius 1 is 1.27 bits per heavy atom. The maximum Gasteiger partial charge on any atom is 0.422 e. The molecule has 2 aliphatic heterocycles. The van der Waals surface area contributed by atoms with Gasteiger partial charge in [-0.25, -0.2) is 13.2 Å². The number of hydrogen-bond acceptors (Lipinski definition) is 3. The standard InChI is InChI=1S/C15H12F6N2O3/c16-9-3-8(1-2-10(9)26-7-15(19,20)21)11(24)23-5-13(17)4-22-12(25)14(13,18)6-23/h1-3H,4-7H2,(H,22,25)/t13-,14-/m1/s1. The largest absolute Gasteiger partial charge is 0.481 e. The van der Waals surface area contributed by atoms with Gasteiger partial charge in [-0.15, -0.1) is 0 Å². The van der Waals surface area contributed by atoms with E-state index in [-0.39, 0.29) is 5.56 Å². The van der Waals surface area contributed by atoms with Crippen LogP contribution in [0, 0.1) is 5.82 Å². The number of alkyl halides is 5. The Morgan fingerprint density at radius 2 is 1.96 bits per heavy atom. The molecule has 1 N–H and O–H groups in total. The molecule has 0 aromatic heterocycles. The Hall–Kier alpha value is -2.46. The number of ether oxygens (including phenoxy) is 1. The molecule has 0 unspecified atom stereocenters. The second-order valence-corrected chi connectivity index (χ2v) is 6.16. The van der Waals surface area contributed by atoms with Crippen LogP contribution in [0.5, 0.6) is 5.75 Å².